The normalized spacial score (nSPS) is 10.2. The van der Waals surface area contributed by atoms with Gasteiger partial charge in [-0.25, -0.2) is 0 Å². The molecule has 1 aromatic rings. The van der Waals surface area contributed by atoms with E-state index in [1.54, 1.807) is 7.11 Å². The number of methoxy groups -OCH3 is 1. The molecule has 13 heavy (non-hydrogen) atoms. The number of halogens is 1. The first-order valence-electron chi connectivity index (χ1n) is 4.28. The second kappa shape index (κ2) is 4.49. The quantitative estimate of drug-likeness (QED) is 0.811. The third-order valence-electron chi connectivity index (χ3n) is 2.00. The molecule has 0 aliphatic heterocycles. The molecule has 2 nitrogen and oxygen atoms in total. The number of rotatable bonds is 3. The molecule has 0 heterocycles. The molecule has 0 atom stereocenters. The van der Waals surface area contributed by atoms with Gasteiger partial charge < -0.3 is 10.5 Å². The largest absolute Gasteiger partial charge is 0.495 e. The highest BCUT2D eigenvalue weighted by molar-refractivity contribution is 6.32. The van der Waals surface area contributed by atoms with Crippen LogP contribution in [0.3, 0.4) is 0 Å². The zero-order valence-electron chi connectivity index (χ0n) is 7.93. The SMILES string of the molecule is CCc1cc(CN)cc(Cl)c1OC. The van der Waals surface area contributed by atoms with Crippen molar-refractivity contribution in [2.24, 2.45) is 5.73 Å². The van der Waals surface area contributed by atoms with Gasteiger partial charge in [-0.3, -0.25) is 0 Å². The second-order valence-electron chi connectivity index (χ2n) is 2.83. The summed E-state index contributed by atoms with van der Waals surface area (Å²) in [6, 6.07) is 3.88. The fourth-order valence-electron chi connectivity index (χ4n) is 1.32. The summed E-state index contributed by atoms with van der Waals surface area (Å²) in [4.78, 5) is 0. The van der Waals surface area contributed by atoms with Gasteiger partial charge in [0.15, 0.2) is 0 Å². The summed E-state index contributed by atoms with van der Waals surface area (Å²) in [6.45, 7) is 2.57. The Morgan fingerprint density at radius 2 is 2.15 bits per heavy atom. The summed E-state index contributed by atoms with van der Waals surface area (Å²) in [6.07, 6.45) is 0.900. The van der Waals surface area contributed by atoms with E-state index in [0.717, 1.165) is 23.3 Å². The lowest BCUT2D eigenvalue weighted by atomic mass is 10.1. The molecule has 2 N–H and O–H groups in total. The molecule has 72 valence electrons. The van der Waals surface area contributed by atoms with E-state index in [9.17, 15) is 0 Å². The van der Waals surface area contributed by atoms with E-state index in [1.165, 1.54) is 0 Å². The van der Waals surface area contributed by atoms with E-state index < -0.39 is 0 Å². The Morgan fingerprint density at radius 1 is 1.46 bits per heavy atom. The Labute approximate surface area is 83.6 Å². The molecule has 0 saturated heterocycles. The van der Waals surface area contributed by atoms with E-state index in [-0.39, 0.29) is 0 Å². The van der Waals surface area contributed by atoms with Crippen LogP contribution in [0.5, 0.6) is 5.75 Å². The number of hydrogen-bond donors (Lipinski definition) is 1. The van der Waals surface area contributed by atoms with Crippen molar-refractivity contribution in [3.63, 3.8) is 0 Å². The van der Waals surface area contributed by atoms with E-state index in [4.69, 9.17) is 22.1 Å². The molecule has 0 fully saturated rings. The van der Waals surface area contributed by atoms with Crippen LogP contribution in [-0.4, -0.2) is 7.11 Å². The highest BCUT2D eigenvalue weighted by Crippen LogP contribution is 2.30. The van der Waals surface area contributed by atoms with Crippen LogP contribution < -0.4 is 10.5 Å². The van der Waals surface area contributed by atoms with Crippen LogP contribution in [0.25, 0.3) is 0 Å². The lowest BCUT2D eigenvalue weighted by Crippen LogP contribution is -1.99. The van der Waals surface area contributed by atoms with Crippen molar-refractivity contribution in [2.75, 3.05) is 7.11 Å². The van der Waals surface area contributed by atoms with Crippen LogP contribution in [0, 0.1) is 0 Å². The molecule has 1 rings (SSSR count). The molecule has 3 heteroatoms. The Hall–Kier alpha value is -0.730. The number of benzene rings is 1. The second-order valence-corrected chi connectivity index (χ2v) is 3.23. The van der Waals surface area contributed by atoms with E-state index in [0.29, 0.717) is 11.6 Å². The van der Waals surface area contributed by atoms with Gasteiger partial charge >= 0.3 is 0 Å². The van der Waals surface area contributed by atoms with Crippen LogP contribution in [0.2, 0.25) is 5.02 Å². The summed E-state index contributed by atoms with van der Waals surface area (Å²) in [5.74, 6) is 0.765. The summed E-state index contributed by atoms with van der Waals surface area (Å²) >= 11 is 6.01. The van der Waals surface area contributed by atoms with Gasteiger partial charge in [0, 0.05) is 6.54 Å². The van der Waals surface area contributed by atoms with Crippen LogP contribution in [0.15, 0.2) is 12.1 Å². The van der Waals surface area contributed by atoms with Crippen molar-refractivity contribution in [3.8, 4) is 5.75 Å². The number of hydrogen-bond acceptors (Lipinski definition) is 2. The summed E-state index contributed by atoms with van der Waals surface area (Å²) < 4.78 is 5.19. The molecule has 0 aromatic heterocycles. The minimum atomic E-state index is 0.511. The molecule has 0 aliphatic rings. The average Bonchev–Trinajstić information content (AvgIpc) is 2.16. The monoisotopic (exact) mass is 199 g/mol. The van der Waals surface area contributed by atoms with Gasteiger partial charge in [-0.05, 0) is 23.6 Å². The van der Waals surface area contributed by atoms with Crippen LogP contribution >= 0.6 is 11.6 Å². The van der Waals surface area contributed by atoms with Crippen molar-refractivity contribution in [1.29, 1.82) is 0 Å². The highest BCUT2D eigenvalue weighted by atomic mass is 35.5. The number of ether oxygens (including phenoxy) is 1. The van der Waals surface area contributed by atoms with Gasteiger partial charge in [-0.2, -0.15) is 0 Å². The molecule has 0 radical (unpaired) electrons. The summed E-state index contributed by atoms with van der Waals surface area (Å²) in [5.41, 5.74) is 7.69. The maximum atomic E-state index is 6.01. The van der Waals surface area contributed by atoms with E-state index >= 15 is 0 Å². The van der Waals surface area contributed by atoms with Crippen molar-refractivity contribution >= 4 is 11.6 Å². The first kappa shape index (κ1) is 10.4. The first-order chi connectivity index (χ1) is 6.22. The molecular formula is C10H14ClNO. The molecule has 0 aliphatic carbocycles. The van der Waals surface area contributed by atoms with Crippen LogP contribution in [-0.2, 0) is 13.0 Å². The first-order valence-corrected chi connectivity index (χ1v) is 4.66. The molecule has 0 unspecified atom stereocenters. The molecule has 0 bridgehead atoms. The van der Waals surface area contributed by atoms with E-state index in [2.05, 4.69) is 6.92 Å². The Bertz CT molecular complexity index is 299. The predicted octanol–water partition coefficient (Wildman–Crippen LogP) is 2.37. The van der Waals surface area contributed by atoms with E-state index in [1.807, 2.05) is 12.1 Å². The zero-order chi connectivity index (χ0) is 9.84. The Morgan fingerprint density at radius 3 is 2.62 bits per heavy atom. The minimum Gasteiger partial charge on any atom is -0.495 e. The van der Waals surface area contributed by atoms with Gasteiger partial charge in [0.05, 0.1) is 12.1 Å². The fraction of sp³-hybridized carbons (Fsp3) is 0.400. The third-order valence-corrected chi connectivity index (χ3v) is 2.28. The minimum absolute atomic E-state index is 0.511. The topological polar surface area (TPSA) is 35.2 Å². The smallest absolute Gasteiger partial charge is 0.140 e. The summed E-state index contributed by atoms with van der Waals surface area (Å²) in [7, 11) is 1.63. The van der Waals surface area contributed by atoms with Gasteiger partial charge in [0.1, 0.15) is 5.75 Å². The lowest BCUT2D eigenvalue weighted by Gasteiger charge is -2.10. The highest BCUT2D eigenvalue weighted by Gasteiger charge is 2.07. The predicted molar refractivity (Wildman–Crippen MR) is 55.3 cm³/mol. The standard InChI is InChI=1S/C10H14ClNO/c1-3-8-4-7(6-12)5-9(11)10(8)13-2/h4-5H,3,6,12H2,1-2H3. The molecule has 0 spiro atoms. The Kier molecular flexibility index (Phi) is 3.58. The van der Waals surface area contributed by atoms with Gasteiger partial charge in [-0.1, -0.05) is 24.6 Å². The maximum absolute atomic E-state index is 6.01. The van der Waals surface area contributed by atoms with Crippen molar-refractivity contribution in [2.45, 2.75) is 19.9 Å². The van der Waals surface area contributed by atoms with Gasteiger partial charge in [-0.15, -0.1) is 0 Å². The fourth-order valence-corrected chi connectivity index (χ4v) is 1.66. The van der Waals surface area contributed by atoms with Crippen molar-refractivity contribution in [3.05, 3.63) is 28.3 Å². The van der Waals surface area contributed by atoms with Crippen LogP contribution in [0.4, 0.5) is 0 Å². The van der Waals surface area contributed by atoms with Crippen molar-refractivity contribution < 1.29 is 4.74 Å². The molecule has 0 amide bonds. The number of aryl methyl sites for hydroxylation is 1. The van der Waals surface area contributed by atoms with Crippen LogP contribution in [0.1, 0.15) is 18.1 Å². The van der Waals surface area contributed by atoms with Gasteiger partial charge in [0.25, 0.3) is 0 Å². The maximum Gasteiger partial charge on any atom is 0.140 e. The molecular weight excluding hydrogens is 186 g/mol. The lowest BCUT2D eigenvalue weighted by molar-refractivity contribution is 0.410. The molecule has 1 aromatic carbocycles. The zero-order valence-corrected chi connectivity index (χ0v) is 8.69. The Balaban J connectivity index is 3.20. The van der Waals surface area contributed by atoms with Gasteiger partial charge in [0.2, 0.25) is 0 Å². The van der Waals surface area contributed by atoms with Crippen molar-refractivity contribution in [1.82, 2.24) is 0 Å². The third kappa shape index (κ3) is 2.14. The molecule has 0 saturated carbocycles. The average molecular weight is 200 g/mol. The summed E-state index contributed by atoms with van der Waals surface area (Å²) in [5, 5.41) is 0.641. The number of nitrogens with two attached hydrogens (primary N) is 1.